The lowest BCUT2D eigenvalue weighted by molar-refractivity contribution is 0.465. The lowest BCUT2D eigenvalue weighted by Gasteiger charge is -2.38. The molecule has 0 N–H and O–H groups in total. The van der Waals surface area contributed by atoms with Crippen LogP contribution in [0.4, 0.5) is 22.7 Å². The third kappa shape index (κ3) is 5.50. The molecule has 1 spiro atoms. The molecule has 2 nitrogen and oxygen atoms in total. The largest absolute Gasteiger partial charge is 0.334 e. The van der Waals surface area contributed by atoms with Gasteiger partial charge in [-0.1, -0.05) is 152 Å². The van der Waals surface area contributed by atoms with Gasteiger partial charge < -0.3 is 9.80 Å². The van der Waals surface area contributed by atoms with Gasteiger partial charge in [0, 0.05) is 34.6 Å². The van der Waals surface area contributed by atoms with Crippen molar-refractivity contribution in [3.63, 3.8) is 0 Å². The van der Waals surface area contributed by atoms with Crippen molar-refractivity contribution in [3.8, 4) is 11.1 Å². The molecule has 63 heavy (non-hydrogen) atoms. The Morgan fingerprint density at radius 3 is 2.10 bits per heavy atom. The molecule has 5 unspecified atom stereocenters. The molecule has 0 heterocycles. The van der Waals surface area contributed by atoms with E-state index in [-0.39, 0.29) is 29.3 Å². The Balaban J connectivity index is 1.03. The van der Waals surface area contributed by atoms with Gasteiger partial charge in [0.15, 0.2) is 0 Å². The summed E-state index contributed by atoms with van der Waals surface area (Å²) in [5.41, 5.74) is 19.6. The van der Waals surface area contributed by atoms with Gasteiger partial charge in [-0.25, -0.2) is 0 Å². The van der Waals surface area contributed by atoms with Gasteiger partial charge in [0.25, 0.3) is 0 Å². The molecule has 0 saturated heterocycles. The fraction of sp³-hybridized carbons (Fsp3) is 0.213. The quantitative estimate of drug-likeness (QED) is 0.165. The molecule has 7 aliphatic rings. The molecule has 0 bridgehead atoms. The van der Waals surface area contributed by atoms with Gasteiger partial charge in [0.2, 0.25) is 0 Å². The first-order chi connectivity index (χ1) is 31.3. The molecule has 13 rings (SSSR count). The summed E-state index contributed by atoms with van der Waals surface area (Å²) in [6, 6.07) is 46.8. The molecule has 0 amide bonds. The Morgan fingerprint density at radius 2 is 1.25 bits per heavy atom. The van der Waals surface area contributed by atoms with E-state index in [1.165, 1.54) is 104 Å². The first-order valence-electron chi connectivity index (χ1n) is 23.6. The Kier molecular flexibility index (Phi) is 8.65. The number of nitrogens with zero attached hydrogens (tertiary/aromatic N) is 2. The topological polar surface area (TPSA) is 6.48 Å². The summed E-state index contributed by atoms with van der Waals surface area (Å²) in [7, 11) is 0. The first-order valence-corrected chi connectivity index (χ1v) is 23.6. The minimum absolute atomic E-state index is 0.180. The highest BCUT2D eigenvalue weighted by atomic mass is 15.2. The number of benzene rings is 6. The average Bonchev–Trinajstić information content (AvgIpc) is 3.83. The van der Waals surface area contributed by atoms with Crippen LogP contribution in [-0.2, 0) is 24.7 Å². The highest BCUT2D eigenvalue weighted by Gasteiger charge is 2.58. The van der Waals surface area contributed by atoms with Crippen LogP contribution in [0, 0.1) is 5.92 Å². The summed E-state index contributed by atoms with van der Waals surface area (Å²) >= 11 is 0. The normalized spacial score (nSPS) is 23.7. The Morgan fingerprint density at radius 1 is 0.508 bits per heavy atom. The van der Waals surface area contributed by atoms with Crippen LogP contribution in [0.2, 0.25) is 0 Å². The van der Waals surface area contributed by atoms with Crippen molar-refractivity contribution >= 4 is 41.0 Å². The van der Waals surface area contributed by atoms with Crippen molar-refractivity contribution in [2.75, 3.05) is 9.80 Å². The first kappa shape index (κ1) is 37.0. The Labute approximate surface area is 371 Å². The summed E-state index contributed by atoms with van der Waals surface area (Å²) in [4.78, 5) is 5.29. The number of anilines is 4. The lowest BCUT2D eigenvalue weighted by Crippen LogP contribution is -2.43. The molecule has 0 aromatic heterocycles. The van der Waals surface area contributed by atoms with Crippen molar-refractivity contribution < 1.29 is 0 Å². The van der Waals surface area contributed by atoms with E-state index in [0.29, 0.717) is 0 Å². The van der Waals surface area contributed by atoms with Gasteiger partial charge in [-0.3, -0.25) is 0 Å². The molecule has 306 valence electrons. The molecule has 0 saturated carbocycles. The van der Waals surface area contributed by atoms with Crippen molar-refractivity contribution in [3.05, 3.63) is 231 Å². The molecule has 2 heteroatoms. The molecule has 5 atom stereocenters. The van der Waals surface area contributed by atoms with E-state index < -0.39 is 0 Å². The highest BCUT2D eigenvalue weighted by Crippen LogP contribution is 2.67. The number of fused-ring (bicyclic) bond motifs is 16. The second-order valence-corrected chi connectivity index (χ2v) is 18.7. The van der Waals surface area contributed by atoms with Crippen LogP contribution in [0.3, 0.4) is 0 Å². The molecule has 0 aliphatic heterocycles. The maximum atomic E-state index is 2.67. The van der Waals surface area contributed by atoms with Crippen LogP contribution >= 0.6 is 0 Å². The fourth-order valence-electron chi connectivity index (χ4n) is 13.2. The molecule has 0 fully saturated rings. The third-order valence-corrected chi connectivity index (χ3v) is 15.6. The van der Waals surface area contributed by atoms with Gasteiger partial charge in [0.05, 0.1) is 17.5 Å². The summed E-state index contributed by atoms with van der Waals surface area (Å²) in [6.07, 6.45) is 38.2. The summed E-state index contributed by atoms with van der Waals surface area (Å²) < 4.78 is 0. The standard InChI is InChI=1S/C61H52N2/c1-4-19-41(20-5-1)62(44-35-37-50-48-27-11-10-25-46(48)47-26-12-13-28-49(47)54(50)39-44)45-36-38-52-51-29-14-16-31-55(51)61(58(52)40-45)56-32-17-15-30-53(56)60-57(61)33-18-34-59(60)63(42-21-6-2-7-22-42)43-23-8-3-9-24-43/h1-9,11,14-23,27,29-34,36-40,43-44,53,56H,10,12-13,24-26,28,35H2. The van der Waals surface area contributed by atoms with Gasteiger partial charge in [-0.05, 0) is 160 Å². The number of para-hydroxylation sites is 2. The zero-order valence-electron chi connectivity index (χ0n) is 35.8. The van der Waals surface area contributed by atoms with Gasteiger partial charge in [-0.2, -0.15) is 0 Å². The van der Waals surface area contributed by atoms with Crippen molar-refractivity contribution in [2.45, 2.75) is 74.8 Å². The smallest absolute Gasteiger partial charge is 0.0566 e. The van der Waals surface area contributed by atoms with E-state index in [4.69, 9.17) is 0 Å². The summed E-state index contributed by atoms with van der Waals surface area (Å²) in [5.74, 6) is 0.431. The predicted molar refractivity (Wildman–Crippen MR) is 264 cm³/mol. The summed E-state index contributed by atoms with van der Waals surface area (Å²) in [6.45, 7) is 0. The molecule has 6 aromatic rings. The fourth-order valence-corrected chi connectivity index (χ4v) is 13.2. The third-order valence-electron chi connectivity index (χ3n) is 15.6. The van der Waals surface area contributed by atoms with Gasteiger partial charge >= 0.3 is 0 Å². The van der Waals surface area contributed by atoms with Gasteiger partial charge in [-0.15, -0.1) is 0 Å². The molecule has 7 aliphatic carbocycles. The highest BCUT2D eigenvalue weighted by molar-refractivity contribution is 5.90. The predicted octanol–water partition coefficient (Wildman–Crippen LogP) is 12.9. The van der Waals surface area contributed by atoms with Crippen LogP contribution in [-0.4, -0.2) is 12.1 Å². The van der Waals surface area contributed by atoms with Crippen molar-refractivity contribution in [2.24, 2.45) is 5.92 Å². The van der Waals surface area contributed by atoms with Crippen LogP contribution in [0.1, 0.15) is 82.5 Å². The molecular weight excluding hydrogens is 761 g/mol. The van der Waals surface area contributed by atoms with Gasteiger partial charge in [0.1, 0.15) is 0 Å². The average molecular weight is 813 g/mol. The zero-order chi connectivity index (χ0) is 41.5. The van der Waals surface area contributed by atoms with E-state index in [1.54, 1.807) is 16.7 Å². The van der Waals surface area contributed by atoms with E-state index in [0.717, 1.165) is 19.3 Å². The Hall–Kier alpha value is -6.64. The monoisotopic (exact) mass is 812 g/mol. The number of rotatable bonds is 6. The minimum Gasteiger partial charge on any atom is -0.334 e. The molecule has 6 aromatic carbocycles. The molecule has 0 radical (unpaired) electrons. The zero-order valence-corrected chi connectivity index (χ0v) is 35.8. The van der Waals surface area contributed by atoms with Crippen LogP contribution in [0.5, 0.6) is 0 Å². The SMILES string of the molecule is C1=CCC(N(c2ccccc2)c2cccc3c2C2C=CC=CC2C32c3ccccc3-c3ccc(N(c4ccccc4)C4C=c5c6c(c7c(c5=CC4)C=CCC7)CCCC6)cc32)C=C1. The van der Waals surface area contributed by atoms with E-state index in [2.05, 4.69) is 204 Å². The van der Waals surface area contributed by atoms with Crippen molar-refractivity contribution in [1.82, 2.24) is 0 Å². The van der Waals surface area contributed by atoms with E-state index in [9.17, 15) is 0 Å². The number of hydrogen-bond acceptors (Lipinski definition) is 2. The molecular formula is C61H52N2. The summed E-state index contributed by atoms with van der Waals surface area (Å²) in [5, 5.41) is 2.99. The second-order valence-electron chi connectivity index (χ2n) is 18.7. The number of hydrogen-bond donors (Lipinski definition) is 0. The minimum atomic E-state index is -0.369. The maximum Gasteiger partial charge on any atom is 0.0566 e. The second kappa shape index (κ2) is 14.7. The van der Waals surface area contributed by atoms with E-state index >= 15 is 0 Å². The van der Waals surface area contributed by atoms with Crippen LogP contribution in [0.15, 0.2) is 176 Å². The van der Waals surface area contributed by atoms with Crippen LogP contribution in [0.25, 0.3) is 29.4 Å². The lowest BCUT2D eigenvalue weighted by atomic mass is 9.65. The van der Waals surface area contributed by atoms with E-state index in [1.807, 2.05) is 0 Å². The maximum absolute atomic E-state index is 2.67. The number of allylic oxidation sites excluding steroid dienone is 7. The van der Waals surface area contributed by atoms with Crippen LogP contribution < -0.4 is 20.2 Å². The van der Waals surface area contributed by atoms with Crippen molar-refractivity contribution in [1.29, 1.82) is 0 Å². The Bertz CT molecular complexity index is 3110.